The number of nitrogens with one attached hydrogen (secondary N) is 1. The monoisotopic (exact) mass is 387 g/mol. The topological polar surface area (TPSA) is 29.1 Å². The molecule has 104 valence electrons. The van der Waals surface area contributed by atoms with Crippen molar-refractivity contribution in [1.82, 2.24) is 5.32 Å². The van der Waals surface area contributed by atoms with Gasteiger partial charge in [-0.3, -0.25) is 4.79 Å². The molecule has 0 radical (unpaired) electrons. The molecule has 4 heteroatoms. The van der Waals surface area contributed by atoms with Gasteiger partial charge in [-0.15, -0.1) is 0 Å². The highest BCUT2D eigenvalue weighted by molar-refractivity contribution is 9.10. The van der Waals surface area contributed by atoms with Crippen molar-refractivity contribution in [3.63, 3.8) is 0 Å². The van der Waals surface area contributed by atoms with Gasteiger partial charge in [0.25, 0.3) is 5.91 Å². The summed E-state index contributed by atoms with van der Waals surface area (Å²) in [7, 11) is 0. The minimum atomic E-state index is 0.0203. The molecule has 1 aromatic carbocycles. The summed E-state index contributed by atoms with van der Waals surface area (Å²) < 4.78 is 0.857. The van der Waals surface area contributed by atoms with Crippen LogP contribution in [0, 0.1) is 6.92 Å². The Labute approximate surface area is 131 Å². The average Bonchev–Trinajstić information content (AvgIpc) is 2.58. The first kappa shape index (κ1) is 15.0. The van der Waals surface area contributed by atoms with Gasteiger partial charge in [-0.25, -0.2) is 0 Å². The van der Waals surface area contributed by atoms with E-state index in [0.717, 1.165) is 28.4 Å². The fraction of sp³-hybridized carbons (Fsp3) is 0.533. The maximum absolute atomic E-state index is 12.4. The number of carbonyl (C=O) groups is 1. The molecule has 1 aromatic rings. The Morgan fingerprint density at radius 2 is 2.00 bits per heavy atom. The predicted molar refractivity (Wildman–Crippen MR) is 85.9 cm³/mol. The summed E-state index contributed by atoms with van der Waals surface area (Å²) in [5, 5.41) is 3.18. The Hall–Kier alpha value is -0.350. The van der Waals surface area contributed by atoms with Gasteiger partial charge in [0, 0.05) is 15.3 Å². The van der Waals surface area contributed by atoms with E-state index in [-0.39, 0.29) is 11.9 Å². The van der Waals surface area contributed by atoms with Crippen molar-refractivity contribution in [2.45, 2.75) is 49.9 Å². The van der Waals surface area contributed by atoms with Crippen LogP contribution in [-0.2, 0) is 0 Å². The molecular formula is C15H19Br2NO. The molecule has 2 nitrogen and oxygen atoms in total. The third-order valence-corrected chi connectivity index (χ3v) is 5.40. The molecule has 0 saturated heterocycles. The quantitative estimate of drug-likeness (QED) is 0.582. The number of hydrogen-bond donors (Lipinski definition) is 1. The van der Waals surface area contributed by atoms with Crippen LogP contribution in [0.2, 0.25) is 0 Å². The normalized spacial score (nSPS) is 23.7. The molecule has 0 aromatic heterocycles. The van der Waals surface area contributed by atoms with E-state index in [1.165, 1.54) is 19.3 Å². The zero-order valence-corrected chi connectivity index (χ0v) is 14.3. The molecule has 2 unspecified atom stereocenters. The number of carbonyl (C=O) groups excluding carboxylic acids is 1. The maximum atomic E-state index is 12.4. The summed E-state index contributed by atoms with van der Waals surface area (Å²) in [6.45, 7) is 2.00. The molecule has 1 amide bonds. The lowest BCUT2D eigenvalue weighted by Gasteiger charge is -2.22. The van der Waals surface area contributed by atoms with Gasteiger partial charge in [-0.05, 0) is 47.8 Å². The smallest absolute Gasteiger partial charge is 0.252 e. The lowest BCUT2D eigenvalue weighted by Crippen LogP contribution is -2.40. The molecule has 1 saturated carbocycles. The Morgan fingerprint density at radius 3 is 2.79 bits per heavy atom. The fourth-order valence-electron chi connectivity index (χ4n) is 2.48. The third kappa shape index (κ3) is 4.06. The minimum absolute atomic E-state index is 0.0203. The highest BCUT2D eigenvalue weighted by Gasteiger charge is 2.24. The first-order valence-corrected chi connectivity index (χ1v) is 8.50. The van der Waals surface area contributed by atoms with Crippen LogP contribution in [0.1, 0.15) is 48.0 Å². The third-order valence-electron chi connectivity index (χ3n) is 3.61. The highest BCUT2D eigenvalue weighted by Crippen LogP contribution is 2.25. The number of halogens is 2. The van der Waals surface area contributed by atoms with Crippen LogP contribution in [0.3, 0.4) is 0 Å². The fourth-order valence-corrected chi connectivity index (χ4v) is 3.63. The lowest BCUT2D eigenvalue weighted by atomic mass is 10.1. The van der Waals surface area contributed by atoms with Crippen molar-refractivity contribution in [2.24, 2.45) is 0 Å². The van der Waals surface area contributed by atoms with Crippen LogP contribution in [0.4, 0.5) is 0 Å². The number of hydrogen-bond acceptors (Lipinski definition) is 1. The summed E-state index contributed by atoms with van der Waals surface area (Å²) >= 11 is 7.17. The molecule has 0 aliphatic heterocycles. The molecule has 0 spiro atoms. The van der Waals surface area contributed by atoms with Crippen molar-refractivity contribution in [3.8, 4) is 0 Å². The van der Waals surface area contributed by atoms with Crippen molar-refractivity contribution in [1.29, 1.82) is 0 Å². The van der Waals surface area contributed by atoms with Crippen molar-refractivity contribution < 1.29 is 4.79 Å². The molecular weight excluding hydrogens is 370 g/mol. The van der Waals surface area contributed by atoms with Crippen molar-refractivity contribution in [3.05, 3.63) is 33.8 Å². The molecule has 1 aliphatic carbocycles. The van der Waals surface area contributed by atoms with Crippen LogP contribution in [0.5, 0.6) is 0 Å². The van der Waals surface area contributed by atoms with E-state index in [1.807, 2.05) is 25.1 Å². The maximum Gasteiger partial charge on any atom is 0.252 e. The van der Waals surface area contributed by atoms with E-state index >= 15 is 0 Å². The van der Waals surface area contributed by atoms with Crippen LogP contribution in [0.25, 0.3) is 0 Å². The van der Waals surface area contributed by atoms with Gasteiger partial charge < -0.3 is 5.32 Å². The number of benzene rings is 1. The van der Waals surface area contributed by atoms with E-state index in [9.17, 15) is 4.79 Å². The van der Waals surface area contributed by atoms with Crippen LogP contribution >= 0.6 is 31.9 Å². The van der Waals surface area contributed by atoms with Crippen molar-refractivity contribution >= 4 is 37.8 Å². The van der Waals surface area contributed by atoms with E-state index < -0.39 is 0 Å². The molecule has 0 heterocycles. The molecule has 1 fully saturated rings. The van der Waals surface area contributed by atoms with Gasteiger partial charge in [0.2, 0.25) is 0 Å². The van der Waals surface area contributed by atoms with E-state index in [2.05, 4.69) is 37.2 Å². The highest BCUT2D eigenvalue weighted by atomic mass is 79.9. The lowest BCUT2D eigenvalue weighted by molar-refractivity contribution is 0.0934. The summed E-state index contributed by atoms with van der Waals surface area (Å²) in [5.41, 5.74) is 1.83. The standard InChI is InChI=1S/C15H19Br2NO/c1-10-7-8-12(16)11(9-10)15(19)18-14-6-4-2-3-5-13(14)17/h7-9,13-14H,2-6H2,1H3,(H,18,19). The van der Waals surface area contributed by atoms with Crippen LogP contribution < -0.4 is 5.32 Å². The Balaban J connectivity index is 2.09. The first-order chi connectivity index (χ1) is 9.08. The summed E-state index contributed by atoms with van der Waals surface area (Å²) in [6.07, 6.45) is 5.91. The van der Waals surface area contributed by atoms with Crippen molar-refractivity contribution in [2.75, 3.05) is 0 Å². The second-order valence-electron chi connectivity index (χ2n) is 5.22. The van der Waals surface area contributed by atoms with Gasteiger partial charge in [0.1, 0.15) is 0 Å². The SMILES string of the molecule is Cc1ccc(Br)c(C(=O)NC2CCCCCC2Br)c1. The minimum Gasteiger partial charge on any atom is -0.348 e. The Morgan fingerprint density at radius 1 is 1.26 bits per heavy atom. The zero-order chi connectivity index (χ0) is 13.8. The largest absolute Gasteiger partial charge is 0.348 e. The average molecular weight is 389 g/mol. The molecule has 0 bridgehead atoms. The van der Waals surface area contributed by atoms with E-state index in [0.29, 0.717) is 4.83 Å². The Bertz CT molecular complexity index is 461. The van der Waals surface area contributed by atoms with Gasteiger partial charge in [-0.1, -0.05) is 46.8 Å². The first-order valence-electron chi connectivity index (χ1n) is 6.79. The van der Waals surface area contributed by atoms with Gasteiger partial charge in [-0.2, -0.15) is 0 Å². The zero-order valence-electron chi connectivity index (χ0n) is 11.1. The van der Waals surface area contributed by atoms with E-state index in [1.54, 1.807) is 0 Å². The van der Waals surface area contributed by atoms with Gasteiger partial charge >= 0.3 is 0 Å². The number of aryl methyl sites for hydroxylation is 1. The van der Waals surface area contributed by atoms with Gasteiger partial charge in [0.05, 0.1) is 5.56 Å². The van der Waals surface area contributed by atoms with Gasteiger partial charge in [0.15, 0.2) is 0 Å². The number of amides is 1. The molecule has 19 heavy (non-hydrogen) atoms. The summed E-state index contributed by atoms with van der Waals surface area (Å²) in [5.74, 6) is 0.0203. The number of rotatable bonds is 2. The molecule has 2 rings (SSSR count). The van der Waals surface area contributed by atoms with E-state index in [4.69, 9.17) is 0 Å². The van der Waals surface area contributed by atoms with Crippen LogP contribution in [-0.4, -0.2) is 16.8 Å². The molecule has 2 atom stereocenters. The summed E-state index contributed by atoms with van der Waals surface area (Å²) in [4.78, 5) is 12.8. The molecule has 1 aliphatic rings. The number of alkyl halides is 1. The second-order valence-corrected chi connectivity index (χ2v) is 7.25. The van der Waals surface area contributed by atoms with Crippen LogP contribution in [0.15, 0.2) is 22.7 Å². The second kappa shape index (κ2) is 6.89. The predicted octanol–water partition coefficient (Wildman–Crippen LogP) is 4.58. The Kier molecular flexibility index (Phi) is 5.46. The molecule has 1 N–H and O–H groups in total. The summed E-state index contributed by atoms with van der Waals surface area (Å²) in [6, 6.07) is 6.10.